The number of benzene rings is 2. The quantitative estimate of drug-likeness (QED) is 0.0966. The molecule has 1 aliphatic heterocycles. The first-order valence-electron chi connectivity index (χ1n) is 18.2. The van der Waals surface area contributed by atoms with E-state index in [0.29, 0.717) is 70.7 Å². The fraction of sp³-hybridized carbons (Fsp3) is 0.550. The van der Waals surface area contributed by atoms with Crippen molar-refractivity contribution in [1.82, 2.24) is 24.0 Å². The molecule has 0 aliphatic carbocycles. The highest BCUT2D eigenvalue weighted by atomic mass is 79.9. The van der Waals surface area contributed by atoms with Gasteiger partial charge in [0.05, 0.1) is 5.69 Å². The Labute approximate surface area is 321 Å². The lowest BCUT2D eigenvalue weighted by Crippen LogP contribution is -2.48. The first kappa shape index (κ1) is 42.7. The summed E-state index contributed by atoms with van der Waals surface area (Å²) in [5.74, 6) is 0.823. The summed E-state index contributed by atoms with van der Waals surface area (Å²) >= 11 is 3.37. The van der Waals surface area contributed by atoms with Crippen molar-refractivity contribution in [2.75, 3.05) is 32.9 Å². The minimum atomic E-state index is -1.12. The molecule has 2 N–H and O–H groups in total. The van der Waals surface area contributed by atoms with Crippen LogP contribution in [0.5, 0.6) is 0 Å². The number of nitrogens with zero attached hydrogens (tertiary/aromatic N) is 5. The fourth-order valence-corrected chi connectivity index (χ4v) is 6.00. The molecule has 1 saturated heterocycles. The molecule has 1 fully saturated rings. The van der Waals surface area contributed by atoms with Gasteiger partial charge in [0.2, 0.25) is 6.41 Å². The Morgan fingerprint density at radius 1 is 0.774 bits per heavy atom. The van der Waals surface area contributed by atoms with E-state index in [4.69, 9.17) is 19.2 Å². The fourth-order valence-electron chi connectivity index (χ4n) is 5.59. The summed E-state index contributed by atoms with van der Waals surface area (Å²) < 4.78 is 47.9. The molecule has 5 rings (SSSR count). The zero-order valence-corrected chi connectivity index (χ0v) is 33.7. The summed E-state index contributed by atoms with van der Waals surface area (Å²) in [4.78, 5) is 10.9. The van der Waals surface area contributed by atoms with E-state index < -0.39 is 12.0 Å². The molecule has 10 nitrogen and oxygen atoms in total. The second kappa shape index (κ2) is 19.0. The van der Waals surface area contributed by atoms with Crippen LogP contribution in [0.1, 0.15) is 79.8 Å². The standard InChI is InChI=1S/C24H36FN3O4.C16H20BrFN2O/c1-5-32-22(29)27-13-10-24(30,11-14-27)20-16-28(17-31-15-12-23(2,3)4)21(26-20)18-6-8-19(25)9-7-18;1-16(2,3)8-9-21-11-20-10-14(17)19-15(20)12-4-6-13(18)7-5-12/h6-9,16,22,29-30H,5,10-15,17H2,1-4H3;4-7,10H,8-9,11H2,1-3H3. The highest BCUT2D eigenvalue weighted by molar-refractivity contribution is 9.10. The van der Waals surface area contributed by atoms with Crippen LogP contribution >= 0.6 is 15.9 Å². The van der Waals surface area contributed by atoms with Crippen molar-refractivity contribution in [3.05, 3.63) is 82.9 Å². The van der Waals surface area contributed by atoms with E-state index >= 15 is 0 Å². The number of aromatic nitrogens is 4. The van der Waals surface area contributed by atoms with E-state index in [1.807, 2.05) is 28.5 Å². The number of hydrogen-bond acceptors (Lipinski definition) is 8. The molecular formula is C40H56BrF2N5O5. The van der Waals surface area contributed by atoms with Crippen molar-refractivity contribution in [2.24, 2.45) is 10.8 Å². The van der Waals surface area contributed by atoms with Gasteiger partial charge in [0.1, 0.15) is 46.9 Å². The summed E-state index contributed by atoms with van der Waals surface area (Å²) in [6, 6.07) is 12.5. The summed E-state index contributed by atoms with van der Waals surface area (Å²) in [7, 11) is 0. The van der Waals surface area contributed by atoms with Gasteiger partial charge < -0.3 is 33.6 Å². The van der Waals surface area contributed by atoms with Crippen LogP contribution in [0.25, 0.3) is 22.8 Å². The van der Waals surface area contributed by atoms with Gasteiger partial charge in [-0.1, -0.05) is 41.5 Å². The minimum absolute atomic E-state index is 0.176. The lowest BCUT2D eigenvalue weighted by molar-refractivity contribution is -0.207. The molecule has 2 aromatic heterocycles. The van der Waals surface area contributed by atoms with Crippen LogP contribution in [0.4, 0.5) is 8.78 Å². The number of halogens is 3. The molecule has 2 aromatic carbocycles. The van der Waals surface area contributed by atoms with E-state index in [2.05, 4.69) is 62.5 Å². The van der Waals surface area contributed by atoms with Crippen LogP contribution in [0.3, 0.4) is 0 Å². The average Bonchev–Trinajstić information content (AvgIpc) is 3.69. The first-order chi connectivity index (χ1) is 25.0. The number of aliphatic hydroxyl groups is 2. The Hall–Kier alpha value is -3.04. The van der Waals surface area contributed by atoms with E-state index in [1.165, 1.54) is 24.3 Å². The molecule has 0 bridgehead atoms. The van der Waals surface area contributed by atoms with E-state index in [-0.39, 0.29) is 22.5 Å². The minimum Gasteiger partial charge on any atom is -0.383 e. The largest absolute Gasteiger partial charge is 0.383 e. The molecule has 292 valence electrons. The summed E-state index contributed by atoms with van der Waals surface area (Å²) in [5, 5.41) is 21.4. The Morgan fingerprint density at radius 2 is 1.23 bits per heavy atom. The summed E-state index contributed by atoms with van der Waals surface area (Å²) in [5.41, 5.74) is 1.49. The maximum Gasteiger partial charge on any atom is 0.216 e. The van der Waals surface area contributed by atoms with E-state index in [0.717, 1.165) is 34.4 Å². The van der Waals surface area contributed by atoms with Crippen molar-refractivity contribution in [1.29, 1.82) is 0 Å². The van der Waals surface area contributed by atoms with E-state index in [9.17, 15) is 19.0 Å². The van der Waals surface area contributed by atoms with Crippen LogP contribution in [0.15, 0.2) is 65.5 Å². The van der Waals surface area contributed by atoms with Crippen LogP contribution in [0.2, 0.25) is 0 Å². The molecule has 0 radical (unpaired) electrons. The highest BCUT2D eigenvalue weighted by Gasteiger charge is 2.38. The first-order valence-corrected chi connectivity index (χ1v) is 19.0. The Bertz CT molecular complexity index is 1690. The van der Waals surface area contributed by atoms with Gasteiger partial charge in [-0.3, -0.25) is 4.90 Å². The van der Waals surface area contributed by atoms with Crippen molar-refractivity contribution < 1.29 is 33.2 Å². The summed E-state index contributed by atoms with van der Waals surface area (Å²) in [6.45, 7) is 18.3. The van der Waals surface area contributed by atoms with Crippen LogP contribution < -0.4 is 0 Å². The molecular weight excluding hydrogens is 748 g/mol. The van der Waals surface area contributed by atoms with Gasteiger partial charge in [-0.05, 0) is 108 Å². The number of piperidine rings is 1. The van der Waals surface area contributed by atoms with Crippen LogP contribution in [-0.4, -0.2) is 73.5 Å². The van der Waals surface area contributed by atoms with Gasteiger partial charge in [0, 0.05) is 56.4 Å². The average molecular weight is 805 g/mol. The van der Waals surface area contributed by atoms with E-state index in [1.54, 1.807) is 29.2 Å². The van der Waals surface area contributed by atoms with Crippen molar-refractivity contribution in [2.45, 2.75) is 99.6 Å². The Balaban J connectivity index is 0.000000258. The molecule has 0 amide bonds. The van der Waals surface area contributed by atoms with Crippen molar-refractivity contribution in [3.8, 4) is 22.8 Å². The monoisotopic (exact) mass is 803 g/mol. The SMILES string of the molecule is CC(C)(C)CCOCn1cc(Br)nc1-c1ccc(F)cc1.CCOC(O)N1CCC(O)(c2cn(COCCC(C)(C)C)c(-c3ccc(F)cc3)n2)CC1. The molecule has 0 spiro atoms. The Kier molecular flexibility index (Phi) is 15.3. The molecule has 1 aliphatic rings. The van der Waals surface area contributed by atoms with Gasteiger partial charge in [0.15, 0.2) is 0 Å². The summed E-state index contributed by atoms with van der Waals surface area (Å²) in [6.07, 6.45) is 5.48. The number of aliphatic hydroxyl groups excluding tert-OH is 1. The molecule has 4 aromatic rings. The number of likely N-dealkylation sites (tertiary alicyclic amines) is 1. The molecule has 3 heterocycles. The lowest BCUT2D eigenvalue weighted by atomic mass is 9.89. The van der Waals surface area contributed by atoms with Crippen molar-refractivity contribution in [3.63, 3.8) is 0 Å². The second-order valence-electron chi connectivity index (χ2n) is 15.8. The maximum atomic E-state index is 13.4. The molecule has 13 heteroatoms. The van der Waals surface area contributed by atoms with Gasteiger partial charge >= 0.3 is 0 Å². The van der Waals surface area contributed by atoms with Gasteiger partial charge in [-0.25, -0.2) is 18.7 Å². The lowest BCUT2D eigenvalue weighted by Gasteiger charge is -2.38. The number of rotatable bonds is 14. The van der Waals surface area contributed by atoms with Crippen LogP contribution in [-0.2, 0) is 33.3 Å². The third-order valence-corrected chi connectivity index (χ3v) is 9.29. The Morgan fingerprint density at radius 3 is 1.68 bits per heavy atom. The normalized spacial score (nSPS) is 15.6. The second-order valence-corrected chi connectivity index (χ2v) is 16.6. The zero-order valence-electron chi connectivity index (χ0n) is 32.1. The van der Waals surface area contributed by atoms with Crippen molar-refractivity contribution >= 4 is 15.9 Å². The molecule has 1 unspecified atom stereocenters. The van der Waals surface area contributed by atoms with Gasteiger partial charge in [-0.15, -0.1) is 0 Å². The predicted octanol–water partition coefficient (Wildman–Crippen LogP) is 8.56. The predicted molar refractivity (Wildman–Crippen MR) is 205 cm³/mol. The molecule has 0 saturated carbocycles. The smallest absolute Gasteiger partial charge is 0.216 e. The third kappa shape index (κ3) is 13.3. The van der Waals surface area contributed by atoms with Gasteiger partial charge in [-0.2, -0.15) is 0 Å². The number of ether oxygens (including phenoxy) is 3. The number of hydrogen-bond donors (Lipinski definition) is 2. The molecule has 1 atom stereocenters. The maximum absolute atomic E-state index is 13.4. The third-order valence-electron chi connectivity index (χ3n) is 8.91. The number of imidazole rings is 2. The topological polar surface area (TPSA) is 107 Å². The van der Waals surface area contributed by atoms with Gasteiger partial charge in [0.25, 0.3) is 0 Å². The zero-order chi connectivity index (χ0) is 38.8. The highest BCUT2D eigenvalue weighted by Crippen LogP contribution is 2.35. The molecule has 53 heavy (non-hydrogen) atoms. The van der Waals surface area contributed by atoms with Crippen LogP contribution in [0, 0.1) is 22.5 Å².